The summed E-state index contributed by atoms with van der Waals surface area (Å²) in [6.45, 7) is 2.65. The zero-order chi connectivity index (χ0) is 18.8. The molecule has 0 bridgehead atoms. The summed E-state index contributed by atoms with van der Waals surface area (Å²) in [5, 5.41) is 12.6. The van der Waals surface area contributed by atoms with Crippen molar-refractivity contribution in [3.63, 3.8) is 0 Å². The molecule has 1 unspecified atom stereocenters. The molecule has 2 heterocycles. The van der Waals surface area contributed by atoms with Gasteiger partial charge in [0.1, 0.15) is 5.75 Å². The van der Waals surface area contributed by atoms with Crippen LogP contribution in [0.2, 0.25) is 0 Å². The lowest BCUT2D eigenvalue weighted by Crippen LogP contribution is -2.38. The third-order valence-electron chi connectivity index (χ3n) is 5.30. The van der Waals surface area contributed by atoms with E-state index in [-0.39, 0.29) is 29.9 Å². The molecule has 0 radical (unpaired) electrons. The number of nitrogens with one attached hydrogen (secondary N) is 1. The molecule has 0 aliphatic carbocycles. The van der Waals surface area contributed by atoms with E-state index in [2.05, 4.69) is 28.4 Å². The number of nitrogens with zero attached hydrogens (tertiary/aromatic N) is 2. The number of carbonyl (C=O) groups excluding carboxylic acids is 2. The molecular formula is C21H23N3O3. The smallest absolute Gasteiger partial charge is 0.227 e. The second kappa shape index (κ2) is 7.31. The van der Waals surface area contributed by atoms with Crippen LogP contribution in [0.15, 0.2) is 48.5 Å². The number of hydrogen-bond acceptors (Lipinski definition) is 4. The van der Waals surface area contributed by atoms with E-state index in [4.69, 9.17) is 0 Å². The molecule has 2 aliphatic rings. The van der Waals surface area contributed by atoms with E-state index in [0.717, 1.165) is 19.5 Å². The van der Waals surface area contributed by atoms with Crippen LogP contribution in [-0.4, -0.2) is 43.1 Å². The normalized spacial score (nSPS) is 18.7. The number of hydrogen-bond donors (Lipinski definition) is 2. The highest BCUT2D eigenvalue weighted by Gasteiger charge is 2.35. The van der Waals surface area contributed by atoms with Crippen molar-refractivity contribution < 1.29 is 14.7 Å². The molecule has 2 aliphatic heterocycles. The Hall–Kier alpha value is -3.02. The molecule has 0 spiro atoms. The Labute approximate surface area is 158 Å². The molecule has 2 aromatic rings. The lowest BCUT2D eigenvalue weighted by atomic mass is 10.1. The molecule has 6 heteroatoms. The van der Waals surface area contributed by atoms with Gasteiger partial charge in [-0.1, -0.05) is 24.3 Å². The molecule has 4 rings (SSSR count). The lowest BCUT2D eigenvalue weighted by molar-refractivity contribution is -0.126. The molecule has 1 atom stereocenters. The molecule has 27 heavy (non-hydrogen) atoms. The van der Waals surface area contributed by atoms with Crippen molar-refractivity contribution in [2.24, 2.45) is 5.92 Å². The fourth-order valence-electron chi connectivity index (χ4n) is 3.89. The van der Waals surface area contributed by atoms with Gasteiger partial charge in [0, 0.05) is 50.0 Å². The Balaban J connectivity index is 1.30. The van der Waals surface area contributed by atoms with Crippen molar-refractivity contribution in [2.75, 3.05) is 36.0 Å². The van der Waals surface area contributed by atoms with E-state index in [0.29, 0.717) is 18.8 Å². The molecule has 140 valence electrons. The van der Waals surface area contributed by atoms with Crippen LogP contribution in [0.25, 0.3) is 0 Å². The van der Waals surface area contributed by atoms with Crippen LogP contribution < -0.4 is 15.1 Å². The monoisotopic (exact) mass is 365 g/mol. The fourth-order valence-corrected chi connectivity index (χ4v) is 3.89. The number of phenols is 1. The first-order valence-electron chi connectivity index (χ1n) is 9.32. The second-order valence-corrected chi connectivity index (χ2v) is 7.08. The minimum atomic E-state index is -0.356. The molecule has 0 aromatic heterocycles. The predicted molar refractivity (Wildman–Crippen MR) is 104 cm³/mol. The van der Waals surface area contributed by atoms with Crippen LogP contribution in [0.1, 0.15) is 12.0 Å². The van der Waals surface area contributed by atoms with Crippen LogP contribution in [-0.2, 0) is 16.0 Å². The zero-order valence-corrected chi connectivity index (χ0v) is 15.1. The Morgan fingerprint density at radius 3 is 2.89 bits per heavy atom. The van der Waals surface area contributed by atoms with Gasteiger partial charge in [-0.05, 0) is 30.2 Å². The standard InChI is InChI=1S/C21H23N3O3/c25-18-6-3-5-17(13-18)24-14-16(12-20(24)26)21(27)22-9-11-23-10-8-15-4-1-2-7-19(15)23/h1-7,13,16,25H,8-12,14H2,(H,22,27). The highest BCUT2D eigenvalue weighted by atomic mass is 16.3. The van der Waals surface area contributed by atoms with Crippen molar-refractivity contribution in [3.05, 3.63) is 54.1 Å². The van der Waals surface area contributed by atoms with Gasteiger partial charge in [-0.15, -0.1) is 0 Å². The summed E-state index contributed by atoms with van der Waals surface area (Å²) in [5.41, 5.74) is 3.23. The Bertz CT molecular complexity index is 867. The number of fused-ring (bicyclic) bond motifs is 1. The average Bonchev–Trinajstić information content (AvgIpc) is 3.26. The van der Waals surface area contributed by atoms with Gasteiger partial charge in [-0.25, -0.2) is 0 Å². The van der Waals surface area contributed by atoms with Crippen LogP contribution in [0.4, 0.5) is 11.4 Å². The average molecular weight is 365 g/mol. The van der Waals surface area contributed by atoms with Crippen LogP contribution in [0.3, 0.4) is 0 Å². The van der Waals surface area contributed by atoms with Gasteiger partial charge >= 0.3 is 0 Å². The summed E-state index contributed by atoms with van der Waals surface area (Å²) in [4.78, 5) is 28.6. The molecule has 2 amide bonds. The molecule has 6 nitrogen and oxygen atoms in total. The van der Waals surface area contributed by atoms with Crippen molar-refractivity contribution in [1.82, 2.24) is 5.32 Å². The van der Waals surface area contributed by atoms with Crippen LogP contribution in [0, 0.1) is 5.92 Å². The summed E-state index contributed by atoms with van der Waals surface area (Å²) in [6.07, 6.45) is 1.24. The number of aromatic hydroxyl groups is 1. The van der Waals surface area contributed by atoms with Gasteiger partial charge in [-0.3, -0.25) is 9.59 Å². The number of para-hydroxylation sites is 1. The second-order valence-electron chi connectivity index (χ2n) is 7.08. The highest BCUT2D eigenvalue weighted by Crippen LogP contribution is 2.28. The molecule has 1 saturated heterocycles. The number of carbonyl (C=O) groups is 2. The topological polar surface area (TPSA) is 72.9 Å². The summed E-state index contributed by atoms with van der Waals surface area (Å²) in [6, 6.07) is 14.9. The van der Waals surface area contributed by atoms with Crippen molar-refractivity contribution in [1.29, 1.82) is 0 Å². The first-order valence-corrected chi connectivity index (χ1v) is 9.32. The van der Waals surface area contributed by atoms with E-state index in [1.807, 2.05) is 6.07 Å². The van der Waals surface area contributed by atoms with Crippen molar-refractivity contribution in [3.8, 4) is 5.75 Å². The van der Waals surface area contributed by atoms with Crippen LogP contribution in [0.5, 0.6) is 5.75 Å². The third kappa shape index (κ3) is 3.60. The molecule has 2 N–H and O–H groups in total. The quantitative estimate of drug-likeness (QED) is 0.849. The minimum Gasteiger partial charge on any atom is -0.508 e. The molecule has 2 aromatic carbocycles. The van der Waals surface area contributed by atoms with E-state index in [1.54, 1.807) is 29.2 Å². The van der Waals surface area contributed by atoms with Gasteiger partial charge in [0.15, 0.2) is 0 Å². The maximum Gasteiger partial charge on any atom is 0.227 e. The van der Waals surface area contributed by atoms with E-state index in [1.165, 1.54) is 11.3 Å². The zero-order valence-electron chi connectivity index (χ0n) is 15.1. The predicted octanol–water partition coefficient (Wildman–Crippen LogP) is 1.92. The van der Waals surface area contributed by atoms with E-state index >= 15 is 0 Å². The van der Waals surface area contributed by atoms with Crippen LogP contribution >= 0.6 is 0 Å². The van der Waals surface area contributed by atoms with Crippen molar-refractivity contribution in [2.45, 2.75) is 12.8 Å². The summed E-state index contributed by atoms with van der Waals surface area (Å²) < 4.78 is 0. The first-order chi connectivity index (χ1) is 13.1. The number of benzene rings is 2. The SMILES string of the molecule is O=C(NCCN1CCc2ccccc21)C1CC(=O)N(c2cccc(O)c2)C1. The molecular weight excluding hydrogens is 342 g/mol. The maximum atomic E-state index is 12.5. The largest absolute Gasteiger partial charge is 0.508 e. The third-order valence-corrected chi connectivity index (χ3v) is 5.30. The van der Waals surface area contributed by atoms with E-state index < -0.39 is 0 Å². The summed E-state index contributed by atoms with van der Waals surface area (Å²) in [7, 11) is 0. The van der Waals surface area contributed by atoms with Gasteiger partial charge in [0.05, 0.1) is 5.92 Å². The maximum absolute atomic E-state index is 12.5. The fraction of sp³-hybridized carbons (Fsp3) is 0.333. The van der Waals surface area contributed by atoms with E-state index in [9.17, 15) is 14.7 Å². The number of anilines is 2. The molecule has 0 saturated carbocycles. The minimum absolute atomic E-state index is 0.0847. The number of rotatable bonds is 5. The lowest BCUT2D eigenvalue weighted by Gasteiger charge is -2.20. The van der Waals surface area contributed by atoms with Gasteiger partial charge < -0.3 is 20.2 Å². The molecule has 1 fully saturated rings. The Morgan fingerprint density at radius 1 is 1.19 bits per heavy atom. The van der Waals surface area contributed by atoms with Crippen molar-refractivity contribution >= 4 is 23.2 Å². The van der Waals surface area contributed by atoms with Gasteiger partial charge in [0.25, 0.3) is 0 Å². The Morgan fingerprint density at radius 2 is 2.04 bits per heavy atom. The first kappa shape index (κ1) is 17.4. The summed E-state index contributed by atoms with van der Waals surface area (Å²) >= 11 is 0. The number of phenolic OH excluding ortho intramolecular Hbond substituents is 1. The van der Waals surface area contributed by atoms with Gasteiger partial charge in [-0.2, -0.15) is 0 Å². The highest BCUT2D eigenvalue weighted by molar-refractivity contribution is 6.00. The summed E-state index contributed by atoms with van der Waals surface area (Å²) in [5.74, 6) is -0.419. The Kier molecular flexibility index (Phi) is 4.71. The van der Waals surface area contributed by atoms with Gasteiger partial charge in [0.2, 0.25) is 11.8 Å². The number of amides is 2.